The fraction of sp³-hybridized carbons (Fsp3) is 0.500. The van der Waals surface area contributed by atoms with Gasteiger partial charge >= 0.3 is 6.18 Å². The van der Waals surface area contributed by atoms with E-state index in [0.29, 0.717) is 11.5 Å². The molecule has 1 heterocycles. The molecule has 7 heteroatoms. The van der Waals surface area contributed by atoms with Crippen LogP contribution in [0.3, 0.4) is 0 Å². The van der Waals surface area contributed by atoms with E-state index in [2.05, 4.69) is 20.9 Å². The SMILES string of the molecule is OC(CCBr)C(O)c1ccc(C(F)(F)F)cn1. The van der Waals surface area contributed by atoms with Crippen LogP contribution in [0, 0.1) is 0 Å². The fourth-order valence-corrected chi connectivity index (χ4v) is 1.68. The van der Waals surface area contributed by atoms with E-state index in [1.165, 1.54) is 0 Å². The molecule has 0 saturated carbocycles. The summed E-state index contributed by atoms with van der Waals surface area (Å²) in [7, 11) is 0. The van der Waals surface area contributed by atoms with Crippen molar-refractivity contribution in [3.8, 4) is 0 Å². The largest absolute Gasteiger partial charge is 0.417 e. The van der Waals surface area contributed by atoms with Crippen LogP contribution in [0.25, 0.3) is 0 Å². The first-order chi connectivity index (χ1) is 7.86. The minimum absolute atomic E-state index is 0.0199. The zero-order valence-corrected chi connectivity index (χ0v) is 10.2. The number of pyridine rings is 1. The van der Waals surface area contributed by atoms with Crippen LogP contribution in [0.5, 0.6) is 0 Å². The molecule has 2 atom stereocenters. The normalized spacial score (nSPS) is 15.6. The number of halogens is 4. The van der Waals surface area contributed by atoms with Gasteiger partial charge in [-0.25, -0.2) is 0 Å². The van der Waals surface area contributed by atoms with Crippen molar-refractivity contribution in [1.29, 1.82) is 0 Å². The molecule has 0 radical (unpaired) electrons. The van der Waals surface area contributed by atoms with Gasteiger partial charge in [0, 0.05) is 11.5 Å². The van der Waals surface area contributed by atoms with Gasteiger partial charge in [0.2, 0.25) is 0 Å². The second-order valence-electron chi connectivity index (χ2n) is 3.46. The van der Waals surface area contributed by atoms with Gasteiger partial charge in [-0.05, 0) is 18.6 Å². The van der Waals surface area contributed by atoms with E-state index in [4.69, 9.17) is 0 Å². The predicted molar refractivity (Wildman–Crippen MR) is 58.6 cm³/mol. The van der Waals surface area contributed by atoms with E-state index >= 15 is 0 Å². The van der Waals surface area contributed by atoms with E-state index in [0.717, 1.165) is 12.1 Å². The average Bonchev–Trinajstić information content (AvgIpc) is 2.27. The maximum atomic E-state index is 12.2. The van der Waals surface area contributed by atoms with Crippen LogP contribution < -0.4 is 0 Å². The highest BCUT2D eigenvalue weighted by atomic mass is 79.9. The number of hydrogen-bond acceptors (Lipinski definition) is 3. The standard InChI is InChI=1S/C10H11BrF3NO2/c11-4-3-8(16)9(17)7-2-1-6(5-15-7)10(12,13)14/h1-2,5,8-9,16-17H,3-4H2. The lowest BCUT2D eigenvalue weighted by molar-refractivity contribution is -0.137. The molecule has 0 amide bonds. The topological polar surface area (TPSA) is 53.4 Å². The maximum Gasteiger partial charge on any atom is 0.417 e. The van der Waals surface area contributed by atoms with E-state index < -0.39 is 23.9 Å². The van der Waals surface area contributed by atoms with Gasteiger partial charge < -0.3 is 10.2 Å². The summed E-state index contributed by atoms with van der Waals surface area (Å²) >= 11 is 3.09. The number of alkyl halides is 4. The zero-order chi connectivity index (χ0) is 13.1. The van der Waals surface area contributed by atoms with Crippen LogP contribution in [-0.4, -0.2) is 26.6 Å². The molecule has 0 saturated heterocycles. The molecule has 0 bridgehead atoms. The Morgan fingerprint density at radius 1 is 1.29 bits per heavy atom. The summed E-state index contributed by atoms with van der Waals surface area (Å²) < 4.78 is 36.7. The number of rotatable bonds is 4. The summed E-state index contributed by atoms with van der Waals surface area (Å²) in [6, 6.07) is 1.89. The highest BCUT2D eigenvalue weighted by Gasteiger charge is 2.31. The second-order valence-corrected chi connectivity index (χ2v) is 4.25. The molecular formula is C10H11BrF3NO2. The van der Waals surface area contributed by atoms with Crippen molar-refractivity contribution in [2.75, 3.05) is 5.33 Å². The van der Waals surface area contributed by atoms with Crippen molar-refractivity contribution in [2.24, 2.45) is 0 Å². The van der Waals surface area contributed by atoms with Gasteiger partial charge in [-0.3, -0.25) is 4.98 Å². The summed E-state index contributed by atoms with van der Waals surface area (Å²) in [5.41, 5.74) is -0.866. The van der Waals surface area contributed by atoms with E-state index in [1.54, 1.807) is 0 Å². The fourth-order valence-electron chi connectivity index (χ4n) is 1.21. The van der Waals surface area contributed by atoms with Crippen LogP contribution in [0.15, 0.2) is 18.3 Å². The van der Waals surface area contributed by atoms with Crippen LogP contribution in [0.4, 0.5) is 13.2 Å². The van der Waals surface area contributed by atoms with Gasteiger partial charge in [0.25, 0.3) is 0 Å². The number of hydrogen-bond donors (Lipinski definition) is 2. The van der Waals surface area contributed by atoms with Gasteiger partial charge in [-0.1, -0.05) is 15.9 Å². The summed E-state index contributed by atoms with van der Waals surface area (Å²) in [6.07, 6.45) is -5.87. The van der Waals surface area contributed by atoms with Gasteiger partial charge in [0.1, 0.15) is 6.10 Å². The van der Waals surface area contributed by atoms with Crippen LogP contribution in [-0.2, 0) is 6.18 Å². The molecule has 1 rings (SSSR count). The lowest BCUT2D eigenvalue weighted by atomic mass is 10.1. The van der Waals surface area contributed by atoms with Crippen LogP contribution in [0.1, 0.15) is 23.8 Å². The Balaban J connectivity index is 2.80. The maximum absolute atomic E-state index is 12.2. The zero-order valence-electron chi connectivity index (χ0n) is 8.65. The first-order valence-corrected chi connectivity index (χ1v) is 5.93. The highest BCUT2D eigenvalue weighted by molar-refractivity contribution is 9.09. The Hall–Kier alpha value is -0.660. The monoisotopic (exact) mass is 313 g/mol. The molecule has 3 nitrogen and oxygen atoms in total. The second kappa shape index (κ2) is 5.79. The molecular weight excluding hydrogens is 303 g/mol. The number of aliphatic hydroxyl groups is 2. The Bertz CT molecular complexity index is 356. The van der Waals surface area contributed by atoms with E-state index in [9.17, 15) is 23.4 Å². The number of aliphatic hydroxyl groups excluding tert-OH is 2. The highest BCUT2D eigenvalue weighted by Crippen LogP contribution is 2.29. The van der Waals surface area contributed by atoms with Crippen LogP contribution >= 0.6 is 15.9 Å². The molecule has 0 aliphatic carbocycles. The van der Waals surface area contributed by atoms with Gasteiger partial charge in [0.05, 0.1) is 17.4 Å². The summed E-state index contributed by atoms with van der Waals surface area (Å²) in [5, 5.41) is 19.5. The first-order valence-electron chi connectivity index (χ1n) is 4.81. The smallest absolute Gasteiger partial charge is 0.390 e. The number of aromatic nitrogens is 1. The third-order valence-corrected chi connectivity index (χ3v) is 2.64. The van der Waals surface area contributed by atoms with Crippen molar-refractivity contribution in [3.63, 3.8) is 0 Å². The molecule has 0 fully saturated rings. The molecule has 1 aromatic heterocycles. The van der Waals surface area contributed by atoms with Crippen molar-refractivity contribution >= 4 is 15.9 Å². The minimum atomic E-state index is -4.45. The molecule has 0 spiro atoms. The lowest BCUT2D eigenvalue weighted by Crippen LogP contribution is -2.20. The van der Waals surface area contributed by atoms with E-state index in [-0.39, 0.29) is 12.1 Å². The van der Waals surface area contributed by atoms with Gasteiger partial charge in [-0.15, -0.1) is 0 Å². The van der Waals surface area contributed by atoms with Crippen molar-refractivity contribution in [1.82, 2.24) is 4.98 Å². The Morgan fingerprint density at radius 3 is 2.35 bits per heavy atom. The third kappa shape index (κ3) is 3.93. The molecule has 2 N–H and O–H groups in total. The van der Waals surface area contributed by atoms with Crippen LogP contribution in [0.2, 0.25) is 0 Å². The molecule has 0 aliphatic heterocycles. The first kappa shape index (κ1) is 14.4. The minimum Gasteiger partial charge on any atom is -0.390 e. The Kier molecular flexibility index (Phi) is 4.91. The third-order valence-electron chi connectivity index (χ3n) is 2.19. The quantitative estimate of drug-likeness (QED) is 0.839. The predicted octanol–water partition coefficient (Wildman–Crippen LogP) is 2.28. The summed E-state index contributed by atoms with van der Waals surface area (Å²) in [6.45, 7) is 0. The van der Waals surface area contributed by atoms with Crippen molar-refractivity contribution < 1.29 is 23.4 Å². The lowest BCUT2D eigenvalue weighted by Gasteiger charge is -2.16. The molecule has 96 valence electrons. The average molecular weight is 314 g/mol. The summed E-state index contributed by atoms with van der Waals surface area (Å²) in [5.74, 6) is 0. The van der Waals surface area contributed by atoms with Gasteiger partial charge in [0.15, 0.2) is 0 Å². The van der Waals surface area contributed by atoms with E-state index in [1.807, 2.05) is 0 Å². The van der Waals surface area contributed by atoms with Crippen molar-refractivity contribution in [3.05, 3.63) is 29.6 Å². The molecule has 0 aromatic carbocycles. The Morgan fingerprint density at radius 2 is 1.94 bits per heavy atom. The molecule has 2 unspecified atom stereocenters. The van der Waals surface area contributed by atoms with Gasteiger partial charge in [-0.2, -0.15) is 13.2 Å². The summed E-state index contributed by atoms with van der Waals surface area (Å²) in [4.78, 5) is 3.50. The Labute approximate surface area is 104 Å². The van der Waals surface area contributed by atoms with Crippen molar-refractivity contribution in [2.45, 2.75) is 24.8 Å². The number of nitrogens with zero attached hydrogens (tertiary/aromatic N) is 1. The molecule has 0 aliphatic rings. The molecule has 1 aromatic rings. The molecule has 17 heavy (non-hydrogen) atoms.